The second kappa shape index (κ2) is 11.3. The number of ether oxygens (including phenoxy) is 1. The van der Waals surface area contributed by atoms with Crippen molar-refractivity contribution in [2.24, 2.45) is 17.8 Å². The predicted molar refractivity (Wildman–Crippen MR) is 114 cm³/mol. The van der Waals surface area contributed by atoms with Crippen LogP contribution in [0.25, 0.3) is 0 Å². The van der Waals surface area contributed by atoms with Crippen LogP contribution in [0.4, 0.5) is 0 Å². The Morgan fingerprint density at radius 2 is 1.66 bits per heavy atom. The zero-order valence-corrected chi connectivity index (χ0v) is 18.3. The summed E-state index contributed by atoms with van der Waals surface area (Å²) in [4.78, 5) is 27.8. The Labute approximate surface area is 175 Å². The lowest BCUT2D eigenvalue weighted by molar-refractivity contribution is -0.161. The molecule has 0 radical (unpaired) electrons. The number of rotatable bonds is 4. The molecule has 0 unspecified atom stereocenters. The van der Waals surface area contributed by atoms with Crippen LogP contribution in [0.3, 0.4) is 0 Å². The molecule has 1 fully saturated rings. The van der Waals surface area contributed by atoms with E-state index in [1.165, 1.54) is 0 Å². The van der Waals surface area contributed by atoms with E-state index in [2.05, 4.69) is 13.8 Å². The number of cyclic esters (lactones) is 1. The van der Waals surface area contributed by atoms with Crippen molar-refractivity contribution in [3.63, 3.8) is 0 Å². The number of likely N-dealkylation sites (N-methyl/N-ethyl adjacent to an activating group) is 1. The monoisotopic (exact) mass is 403 g/mol. The summed E-state index contributed by atoms with van der Waals surface area (Å²) in [5.74, 6) is 0.325. The summed E-state index contributed by atoms with van der Waals surface area (Å²) in [6, 6.07) is 9.06. The summed E-state index contributed by atoms with van der Waals surface area (Å²) in [7, 11) is 1.71. The number of carbonyl (C=O) groups is 2. The summed E-state index contributed by atoms with van der Waals surface area (Å²) < 4.78 is 5.85. The molecule has 5 nitrogen and oxygen atoms in total. The maximum absolute atomic E-state index is 13.1. The van der Waals surface area contributed by atoms with Gasteiger partial charge in [-0.05, 0) is 30.2 Å². The fourth-order valence-electron chi connectivity index (χ4n) is 4.29. The Hall–Kier alpha value is -1.88. The van der Waals surface area contributed by atoms with Gasteiger partial charge >= 0.3 is 5.97 Å². The van der Waals surface area contributed by atoms with Gasteiger partial charge in [-0.3, -0.25) is 4.79 Å². The van der Waals surface area contributed by atoms with Gasteiger partial charge in [0.2, 0.25) is 5.91 Å². The van der Waals surface area contributed by atoms with Crippen LogP contribution < -0.4 is 0 Å². The van der Waals surface area contributed by atoms with E-state index >= 15 is 0 Å². The maximum atomic E-state index is 13.1. The molecule has 1 amide bonds. The highest BCUT2D eigenvalue weighted by molar-refractivity contribution is 5.85. The molecule has 1 heterocycles. The van der Waals surface area contributed by atoms with E-state index in [-0.39, 0.29) is 30.5 Å². The van der Waals surface area contributed by atoms with Crippen LogP contribution >= 0.6 is 0 Å². The van der Waals surface area contributed by atoms with Crippen molar-refractivity contribution in [3.05, 3.63) is 35.9 Å². The van der Waals surface area contributed by atoms with Gasteiger partial charge in [0, 0.05) is 32.4 Å². The molecule has 29 heavy (non-hydrogen) atoms. The second-order valence-electron chi connectivity index (χ2n) is 8.89. The first-order valence-electron chi connectivity index (χ1n) is 10.9. The van der Waals surface area contributed by atoms with Crippen molar-refractivity contribution in [1.29, 1.82) is 0 Å². The van der Waals surface area contributed by atoms with Gasteiger partial charge in [0.15, 0.2) is 0 Å². The van der Waals surface area contributed by atoms with E-state index < -0.39 is 6.04 Å². The van der Waals surface area contributed by atoms with Crippen LogP contribution in [0.1, 0.15) is 58.4 Å². The second-order valence-corrected chi connectivity index (χ2v) is 8.89. The smallest absolute Gasteiger partial charge is 0.329 e. The third kappa shape index (κ3) is 7.14. The highest BCUT2D eigenvalue weighted by atomic mass is 16.5. The number of hydrogen-bond donors (Lipinski definition) is 1. The lowest BCUT2D eigenvalue weighted by atomic mass is 9.88. The summed E-state index contributed by atoms with van der Waals surface area (Å²) in [6.07, 6.45) is 4.18. The summed E-state index contributed by atoms with van der Waals surface area (Å²) in [5.41, 5.74) is 0.992. The van der Waals surface area contributed by atoms with Crippen molar-refractivity contribution < 1.29 is 19.4 Å². The number of benzene rings is 1. The summed E-state index contributed by atoms with van der Waals surface area (Å²) >= 11 is 0. The Balaban J connectivity index is 2.30. The summed E-state index contributed by atoms with van der Waals surface area (Å²) in [5, 5.41) is 9.44. The Kier molecular flexibility index (Phi) is 9.15. The highest BCUT2D eigenvalue weighted by Crippen LogP contribution is 2.26. The number of esters is 1. The van der Waals surface area contributed by atoms with Gasteiger partial charge in [-0.2, -0.15) is 0 Å². The fourth-order valence-corrected chi connectivity index (χ4v) is 4.29. The molecule has 1 N–H and O–H groups in total. The zero-order chi connectivity index (χ0) is 21.4. The Bertz CT molecular complexity index is 648. The zero-order valence-electron chi connectivity index (χ0n) is 18.3. The van der Waals surface area contributed by atoms with Gasteiger partial charge in [-0.15, -0.1) is 0 Å². The Morgan fingerprint density at radius 3 is 2.28 bits per heavy atom. The largest absolute Gasteiger partial charge is 0.461 e. The Morgan fingerprint density at radius 1 is 1.03 bits per heavy atom. The molecular formula is C24H37NO4. The first kappa shape index (κ1) is 23.4. The van der Waals surface area contributed by atoms with Crippen molar-refractivity contribution in [3.8, 4) is 0 Å². The number of hydrogen-bond acceptors (Lipinski definition) is 4. The third-order valence-corrected chi connectivity index (χ3v) is 6.09. The van der Waals surface area contributed by atoms with Crippen LogP contribution in [0.2, 0.25) is 0 Å². The van der Waals surface area contributed by atoms with Crippen molar-refractivity contribution >= 4 is 11.9 Å². The SMILES string of the molecule is C[C@@H]1CC[C@@H](C)C[C@@H](C)C(=O)N(C)[C@@H](Cc2ccccc2)C(=O)O[C@H](CCO)C1. The van der Waals surface area contributed by atoms with Gasteiger partial charge in [0.05, 0.1) is 0 Å². The lowest BCUT2D eigenvalue weighted by Crippen LogP contribution is -2.47. The molecule has 0 aliphatic carbocycles. The average Bonchev–Trinajstić information content (AvgIpc) is 2.69. The van der Waals surface area contributed by atoms with Crippen LogP contribution in [-0.2, 0) is 20.7 Å². The highest BCUT2D eigenvalue weighted by Gasteiger charge is 2.33. The van der Waals surface area contributed by atoms with Gasteiger partial charge in [0.1, 0.15) is 12.1 Å². The minimum Gasteiger partial charge on any atom is -0.461 e. The van der Waals surface area contributed by atoms with Crippen molar-refractivity contribution in [2.75, 3.05) is 13.7 Å². The number of aliphatic hydroxyl groups excluding tert-OH is 1. The van der Waals surface area contributed by atoms with E-state index in [1.807, 2.05) is 37.3 Å². The molecule has 5 heteroatoms. The average molecular weight is 404 g/mol. The molecule has 0 saturated carbocycles. The van der Waals surface area contributed by atoms with Gasteiger partial charge in [0.25, 0.3) is 0 Å². The van der Waals surface area contributed by atoms with E-state index in [0.29, 0.717) is 24.7 Å². The molecule has 0 aromatic heterocycles. The fraction of sp³-hybridized carbons (Fsp3) is 0.667. The molecule has 1 aromatic rings. The van der Waals surface area contributed by atoms with Crippen LogP contribution in [0, 0.1) is 17.8 Å². The van der Waals surface area contributed by atoms with E-state index in [0.717, 1.165) is 31.2 Å². The molecule has 1 aliphatic rings. The molecule has 1 aliphatic heterocycles. The molecule has 1 aromatic carbocycles. The first-order chi connectivity index (χ1) is 13.8. The molecule has 1 saturated heterocycles. The standard InChI is InChI=1S/C24H37NO4/c1-17-10-11-18(2)15-21(12-13-26)29-24(28)22(16-20-8-6-5-7-9-20)25(4)23(27)19(3)14-17/h5-9,17-19,21-22,26H,10-16H2,1-4H3/t17-,18-,19-,21-,22+/m1/s1. The van der Waals surface area contributed by atoms with Crippen molar-refractivity contribution in [2.45, 2.75) is 71.4 Å². The first-order valence-corrected chi connectivity index (χ1v) is 10.9. The van der Waals surface area contributed by atoms with E-state index in [4.69, 9.17) is 4.74 Å². The molecule has 162 valence electrons. The van der Waals surface area contributed by atoms with Crippen LogP contribution in [0.5, 0.6) is 0 Å². The molecule has 0 spiro atoms. The number of nitrogens with zero attached hydrogens (tertiary/aromatic N) is 1. The molecule has 2 rings (SSSR count). The maximum Gasteiger partial charge on any atom is 0.329 e. The molecule has 5 atom stereocenters. The number of carbonyl (C=O) groups excluding carboxylic acids is 2. The van der Waals surface area contributed by atoms with Gasteiger partial charge < -0.3 is 14.7 Å². The van der Waals surface area contributed by atoms with Crippen molar-refractivity contribution in [1.82, 2.24) is 4.90 Å². The molecular weight excluding hydrogens is 366 g/mol. The van der Waals surface area contributed by atoms with E-state index in [1.54, 1.807) is 11.9 Å². The predicted octanol–water partition coefficient (Wildman–Crippen LogP) is 3.83. The topological polar surface area (TPSA) is 66.8 Å². The molecule has 0 bridgehead atoms. The van der Waals surface area contributed by atoms with E-state index in [9.17, 15) is 14.7 Å². The number of aliphatic hydroxyl groups is 1. The minimum atomic E-state index is -0.667. The van der Waals surface area contributed by atoms with Crippen LogP contribution in [-0.4, -0.2) is 47.7 Å². The minimum absolute atomic E-state index is 0.0132. The quantitative estimate of drug-likeness (QED) is 0.776. The summed E-state index contributed by atoms with van der Waals surface area (Å²) in [6.45, 7) is 6.31. The lowest BCUT2D eigenvalue weighted by Gasteiger charge is -2.31. The van der Waals surface area contributed by atoms with Gasteiger partial charge in [-0.25, -0.2) is 4.79 Å². The van der Waals surface area contributed by atoms with Crippen LogP contribution in [0.15, 0.2) is 30.3 Å². The third-order valence-electron chi connectivity index (χ3n) is 6.09. The normalized spacial score (nSPS) is 30.1. The van der Waals surface area contributed by atoms with Gasteiger partial charge in [-0.1, -0.05) is 63.9 Å². The number of amides is 1.